The Bertz CT molecular complexity index is 92.7. The van der Waals surface area contributed by atoms with Crippen LogP contribution >= 0.6 is 0 Å². The number of aliphatic hydroxyl groups excluding tert-OH is 1. The number of hydrogen-bond acceptors (Lipinski definition) is 2. The molecule has 0 aromatic heterocycles. The fourth-order valence-electron chi connectivity index (χ4n) is 1.50. The molecule has 0 bridgehead atoms. The molecule has 1 heterocycles. The van der Waals surface area contributed by atoms with Gasteiger partial charge in [-0.1, -0.05) is 0 Å². The highest BCUT2D eigenvalue weighted by atomic mass is 16.6. The third-order valence-electron chi connectivity index (χ3n) is 2.08. The van der Waals surface area contributed by atoms with Crippen molar-refractivity contribution in [3.8, 4) is 0 Å². The second kappa shape index (κ2) is 1.45. The summed E-state index contributed by atoms with van der Waals surface area (Å²) in [6, 6.07) is 0. The molecule has 46 valence electrons. The zero-order chi connectivity index (χ0) is 5.56. The molecule has 2 unspecified atom stereocenters. The van der Waals surface area contributed by atoms with Crippen molar-refractivity contribution in [2.24, 2.45) is 5.92 Å². The van der Waals surface area contributed by atoms with Gasteiger partial charge in [-0.2, -0.15) is 0 Å². The molecule has 0 aromatic carbocycles. The summed E-state index contributed by atoms with van der Waals surface area (Å²) in [7, 11) is 0. The summed E-state index contributed by atoms with van der Waals surface area (Å²) >= 11 is 0. The number of epoxide rings is 1. The molecule has 2 rings (SSSR count). The van der Waals surface area contributed by atoms with Crippen molar-refractivity contribution < 1.29 is 9.84 Å². The van der Waals surface area contributed by atoms with Crippen LogP contribution in [0.5, 0.6) is 0 Å². The molecule has 2 fully saturated rings. The van der Waals surface area contributed by atoms with Gasteiger partial charge in [0.05, 0.1) is 12.2 Å². The van der Waals surface area contributed by atoms with Gasteiger partial charge < -0.3 is 9.84 Å². The Balaban J connectivity index is 1.89. The molecule has 8 heavy (non-hydrogen) atoms. The minimum Gasteiger partial charge on any atom is -0.396 e. The minimum atomic E-state index is 0.358. The molecule has 2 nitrogen and oxygen atoms in total. The van der Waals surface area contributed by atoms with Crippen LogP contribution in [0.1, 0.15) is 12.8 Å². The average Bonchev–Trinajstić information content (AvgIpc) is 2.40. The summed E-state index contributed by atoms with van der Waals surface area (Å²) in [4.78, 5) is 0. The van der Waals surface area contributed by atoms with Crippen LogP contribution in [-0.4, -0.2) is 23.9 Å². The quantitative estimate of drug-likeness (QED) is 0.492. The van der Waals surface area contributed by atoms with E-state index in [1.54, 1.807) is 0 Å². The van der Waals surface area contributed by atoms with Crippen molar-refractivity contribution in [3.63, 3.8) is 0 Å². The number of fused-ring (bicyclic) bond motifs is 1. The lowest BCUT2D eigenvalue weighted by Gasteiger charge is -2.03. The van der Waals surface area contributed by atoms with Crippen LogP contribution in [0.3, 0.4) is 0 Å². The molecular formula is C6H10O2. The molecule has 2 heteroatoms. The SMILES string of the molecule is OCC1CC2OC2C1. The molecule has 1 saturated heterocycles. The van der Waals surface area contributed by atoms with Gasteiger partial charge in [-0.05, 0) is 18.8 Å². The summed E-state index contributed by atoms with van der Waals surface area (Å²) in [6.07, 6.45) is 3.27. The predicted molar refractivity (Wildman–Crippen MR) is 28.5 cm³/mol. The van der Waals surface area contributed by atoms with Crippen LogP contribution in [0.4, 0.5) is 0 Å². The third kappa shape index (κ3) is 0.565. The molecule has 1 aliphatic carbocycles. The Hall–Kier alpha value is -0.0800. The number of ether oxygens (including phenoxy) is 1. The summed E-state index contributed by atoms with van der Waals surface area (Å²) in [5, 5.41) is 8.65. The standard InChI is InChI=1S/C6H10O2/c7-3-4-1-5-6(2-4)8-5/h4-7H,1-3H2. The van der Waals surface area contributed by atoms with Crippen molar-refractivity contribution in [1.82, 2.24) is 0 Å². The first-order valence-corrected chi connectivity index (χ1v) is 3.16. The highest BCUT2D eigenvalue weighted by Gasteiger charge is 2.47. The fourth-order valence-corrected chi connectivity index (χ4v) is 1.50. The number of hydrogen-bond donors (Lipinski definition) is 1. The lowest BCUT2D eigenvalue weighted by atomic mass is 10.1. The smallest absolute Gasteiger partial charge is 0.0845 e. The van der Waals surface area contributed by atoms with Crippen LogP contribution in [0.2, 0.25) is 0 Å². The number of rotatable bonds is 1. The molecule has 0 amide bonds. The van der Waals surface area contributed by atoms with E-state index < -0.39 is 0 Å². The maximum absolute atomic E-state index is 8.65. The average molecular weight is 114 g/mol. The summed E-state index contributed by atoms with van der Waals surface area (Å²) in [6.45, 7) is 0.358. The van der Waals surface area contributed by atoms with Crippen LogP contribution in [0.15, 0.2) is 0 Å². The van der Waals surface area contributed by atoms with Gasteiger partial charge in [-0.3, -0.25) is 0 Å². The zero-order valence-electron chi connectivity index (χ0n) is 4.71. The Morgan fingerprint density at radius 3 is 2.38 bits per heavy atom. The van der Waals surface area contributed by atoms with Crippen molar-refractivity contribution in [3.05, 3.63) is 0 Å². The summed E-state index contributed by atoms with van der Waals surface area (Å²) in [5.74, 6) is 0.554. The number of aliphatic hydroxyl groups is 1. The topological polar surface area (TPSA) is 32.8 Å². The Morgan fingerprint density at radius 2 is 2.00 bits per heavy atom. The van der Waals surface area contributed by atoms with E-state index in [4.69, 9.17) is 9.84 Å². The first-order valence-electron chi connectivity index (χ1n) is 3.16. The van der Waals surface area contributed by atoms with E-state index in [0.717, 1.165) is 12.8 Å². The van der Waals surface area contributed by atoms with Crippen molar-refractivity contribution in [2.45, 2.75) is 25.0 Å². The van der Waals surface area contributed by atoms with Gasteiger partial charge >= 0.3 is 0 Å². The molecule has 1 aliphatic heterocycles. The zero-order valence-corrected chi connectivity index (χ0v) is 4.71. The van der Waals surface area contributed by atoms with E-state index in [0.29, 0.717) is 24.7 Å². The Kier molecular flexibility index (Phi) is 0.866. The second-order valence-electron chi connectivity index (χ2n) is 2.73. The van der Waals surface area contributed by atoms with Crippen molar-refractivity contribution in [1.29, 1.82) is 0 Å². The van der Waals surface area contributed by atoms with Gasteiger partial charge in [0.2, 0.25) is 0 Å². The van der Waals surface area contributed by atoms with Gasteiger partial charge in [-0.25, -0.2) is 0 Å². The predicted octanol–water partition coefficient (Wildman–Crippen LogP) is 0.156. The Labute approximate surface area is 48.5 Å². The van der Waals surface area contributed by atoms with Crippen molar-refractivity contribution >= 4 is 0 Å². The van der Waals surface area contributed by atoms with Crippen LogP contribution in [-0.2, 0) is 4.74 Å². The van der Waals surface area contributed by atoms with Gasteiger partial charge in [0, 0.05) is 6.61 Å². The van der Waals surface area contributed by atoms with E-state index in [1.165, 1.54) is 0 Å². The first kappa shape index (κ1) is 4.77. The maximum Gasteiger partial charge on any atom is 0.0845 e. The van der Waals surface area contributed by atoms with Gasteiger partial charge in [0.15, 0.2) is 0 Å². The van der Waals surface area contributed by atoms with Gasteiger partial charge in [-0.15, -0.1) is 0 Å². The molecule has 2 atom stereocenters. The molecule has 0 spiro atoms. The van der Waals surface area contributed by atoms with Crippen LogP contribution < -0.4 is 0 Å². The highest BCUT2D eigenvalue weighted by molar-refractivity contribution is 4.95. The van der Waals surface area contributed by atoms with Gasteiger partial charge in [0.25, 0.3) is 0 Å². The van der Waals surface area contributed by atoms with E-state index in [2.05, 4.69) is 0 Å². The molecule has 0 radical (unpaired) electrons. The molecule has 1 N–H and O–H groups in total. The van der Waals surface area contributed by atoms with Crippen molar-refractivity contribution in [2.75, 3.05) is 6.61 Å². The molecule has 1 saturated carbocycles. The van der Waals surface area contributed by atoms with Crippen LogP contribution in [0, 0.1) is 5.92 Å². The van der Waals surface area contributed by atoms with E-state index in [9.17, 15) is 0 Å². The monoisotopic (exact) mass is 114 g/mol. The van der Waals surface area contributed by atoms with E-state index in [-0.39, 0.29) is 0 Å². The summed E-state index contributed by atoms with van der Waals surface area (Å²) < 4.78 is 5.17. The first-order chi connectivity index (χ1) is 3.90. The largest absolute Gasteiger partial charge is 0.396 e. The summed E-state index contributed by atoms with van der Waals surface area (Å²) in [5.41, 5.74) is 0. The minimum absolute atomic E-state index is 0.358. The Morgan fingerprint density at radius 1 is 1.38 bits per heavy atom. The lowest BCUT2D eigenvalue weighted by Crippen LogP contribution is -2.03. The maximum atomic E-state index is 8.65. The third-order valence-corrected chi connectivity index (χ3v) is 2.08. The lowest BCUT2D eigenvalue weighted by molar-refractivity contribution is 0.181. The molecule has 2 aliphatic rings. The van der Waals surface area contributed by atoms with Gasteiger partial charge in [0.1, 0.15) is 0 Å². The normalized spacial score (nSPS) is 51.4. The molecular weight excluding hydrogens is 104 g/mol. The molecule has 0 aromatic rings. The van der Waals surface area contributed by atoms with E-state index >= 15 is 0 Å². The van der Waals surface area contributed by atoms with Crippen LogP contribution in [0.25, 0.3) is 0 Å². The van der Waals surface area contributed by atoms with E-state index in [1.807, 2.05) is 0 Å². The second-order valence-corrected chi connectivity index (χ2v) is 2.73. The fraction of sp³-hybridized carbons (Fsp3) is 1.00. The highest BCUT2D eigenvalue weighted by Crippen LogP contribution is 2.41.